The van der Waals surface area contributed by atoms with Gasteiger partial charge >= 0.3 is 17.9 Å². The fourth-order valence-electron chi connectivity index (χ4n) is 2.86. The van der Waals surface area contributed by atoms with E-state index in [1.807, 2.05) is 0 Å². The van der Waals surface area contributed by atoms with Gasteiger partial charge in [-0.1, -0.05) is 0 Å². The van der Waals surface area contributed by atoms with Crippen LogP contribution in [0.3, 0.4) is 0 Å². The molecule has 0 bridgehead atoms. The molecule has 0 N–H and O–H groups in total. The molecule has 0 amide bonds. The van der Waals surface area contributed by atoms with Gasteiger partial charge in [0, 0.05) is 25.2 Å². The van der Waals surface area contributed by atoms with Gasteiger partial charge in [-0.25, -0.2) is 0 Å². The lowest BCUT2D eigenvalue weighted by atomic mass is 9.89. The van der Waals surface area contributed by atoms with Crippen molar-refractivity contribution >= 4 is 17.9 Å². The van der Waals surface area contributed by atoms with Crippen molar-refractivity contribution in [2.75, 3.05) is 7.11 Å². The molecule has 2 rings (SSSR count). The molecule has 0 aromatic heterocycles. The van der Waals surface area contributed by atoms with Crippen LogP contribution in [-0.4, -0.2) is 37.2 Å². The smallest absolute Gasteiger partial charge is 0.306 e. The van der Waals surface area contributed by atoms with Crippen LogP contribution in [0.5, 0.6) is 0 Å². The molecule has 6 nitrogen and oxygen atoms in total. The Hall–Kier alpha value is -1.59. The van der Waals surface area contributed by atoms with E-state index in [9.17, 15) is 14.4 Å². The summed E-state index contributed by atoms with van der Waals surface area (Å²) in [4.78, 5) is 33.7. The van der Waals surface area contributed by atoms with Crippen LogP contribution < -0.4 is 0 Å². The van der Waals surface area contributed by atoms with Crippen LogP contribution in [0.4, 0.5) is 0 Å². The fourth-order valence-corrected chi connectivity index (χ4v) is 2.86. The molecule has 0 unspecified atom stereocenters. The van der Waals surface area contributed by atoms with Crippen LogP contribution in [0.15, 0.2) is 0 Å². The van der Waals surface area contributed by atoms with E-state index in [-0.39, 0.29) is 54.8 Å². The molecule has 1 aliphatic carbocycles. The topological polar surface area (TPSA) is 78.9 Å². The number of carbonyl (C=O) groups excluding carboxylic acids is 3. The standard InChI is InChI=1S/C12H16O6/c1-6(13)17-9-5-10-8(4-12(15)18-10)7(9)3-11(14)16-2/h7-10H,3-5H2,1-2H3/t7-,8-,9+,10-/m0/s1. The molecular weight excluding hydrogens is 240 g/mol. The molecule has 1 saturated carbocycles. The Morgan fingerprint density at radius 3 is 2.78 bits per heavy atom. The number of hydrogen-bond acceptors (Lipinski definition) is 6. The van der Waals surface area contributed by atoms with Crippen molar-refractivity contribution in [3.63, 3.8) is 0 Å². The van der Waals surface area contributed by atoms with Crippen LogP contribution in [0.2, 0.25) is 0 Å². The zero-order chi connectivity index (χ0) is 13.3. The summed E-state index contributed by atoms with van der Waals surface area (Å²) in [5.41, 5.74) is 0. The molecule has 0 aromatic carbocycles. The molecule has 1 aliphatic heterocycles. The lowest BCUT2D eigenvalue weighted by molar-refractivity contribution is -0.153. The summed E-state index contributed by atoms with van der Waals surface area (Å²) in [5, 5.41) is 0. The van der Waals surface area contributed by atoms with Crippen molar-refractivity contribution in [2.45, 2.75) is 38.4 Å². The maximum atomic E-state index is 11.4. The molecule has 1 heterocycles. The van der Waals surface area contributed by atoms with Crippen LogP contribution >= 0.6 is 0 Å². The summed E-state index contributed by atoms with van der Waals surface area (Å²) in [6.45, 7) is 1.33. The molecular formula is C12H16O6. The number of carbonyl (C=O) groups is 3. The second kappa shape index (κ2) is 4.96. The molecule has 1 saturated heterocycles. The molecule has 4 atom stereocenters. The van der Waals surface area contributed by atoms with E-state index in [0.29, 0.717) is 6.42 Å². The highest BCUT2D eigenvalue weighted by Gasteiger charge is 2.52. The number of ether oxygens (including phenoxy) is 3. The molecule has 2 aliphatic rings. The molecule has 0 radical (unpaired) electrons. The minimum atomic E-state index is -0.388. The first-order chi connectivity index (χ1) is 8.51. The Kier molecular flexibility index (Phi) is 3.54. The Morgan fingerprint density at radius 1 is 1.44 bits per heavy atom. The van der Waals surface area contributed by atoms with E-state index in [2.05, 4.69) is 4.74 Å². The minimum absolute atomic E-state index is 0.0547. The number of methoxy groups -OCH3 is 1. The maximum Gasteiger partial charge on any atom is 0.306 e. The quantitative estimate of drug-likeness (QED) is 0.538. The first kappa shape index (κ1) is 12.9. The van der Waals surface area contributed by atoms with E-state index in [4.69, 9.17) is 9.47 Å². The summed E-state index contributed by atoms with van der Waals surface area (Å²) < 4.78 is 15.0. The summed E-state index contributed by atoms with van der Waals surface area (Å²) in [6.07, 6.45) is 0.287. The van der Waals surface area contributed by atoms with Crippen LogP contribution in [0, 0.1) is 11.8 Å². The molecule has 100 valence electrons. The molecule has 0 aromatic rings. The normalized spacial score (nSPS) is 33.8. The Balaban J connectivity index is 2.09. The predicted octanol–water partition coefficient (Wildman–Crippen LogP) is 0.433. The Bertz CT molecular complexity index is 377. The van der Waals surface area contributed by atoms with Gasteiger partial charge in [-0.15, -0.1) is 0 Å². The van der Waals surface area contributed by atoms with E-state index in [1.165, 1.54) is 14.0 Å². The highest BCUT2D eigenvalue weighted by atomic mass is 16.6. The second-order valence-corrected chi connectivity index (χ2v) is 4.72. The van der Waals surface area contributed by atoms with Crippen molar-refractivity contribution < 1.29 is 28.6 Å². The largest absolute Gasteiger partial charge is 0.469 e. The highest BCUT2D eigenvalue weighted by molar-refractivity contribution is 5.74. The van der Waals surface area contributed by atoms with E-state index < -0.39 is 0 Å². The summed E-state index contributed by atoms with van der Waals surface area (Å²) in [5.74, 6) is -1.25. The van der Waals surface area contributed by atoms with Gasteiger partial charge in [0.1, 0.15) is 12.2 Å². The summed E-state index contributed by atoms with van der Waals surface area (Å²) in [7, 11) is 1.31. The zero-order valence-corrected chi connectivity index (χ0v) is 10.4. The van der Waals surface area contributed by atoms with Gasteiger partial charge in [-0.2, -0.15) is 0 Å². The second-order valence-electron chi connectivity index (χ2n) is 4.72. The van der Waals surface area contributed by atoms with E-state index >= 15 is 0 Å². The Morgan fingerprint density at radius 2 is 2.17 bits per heavy atom. The monoisotopic (exact) mass is 256 g/mol. The maximum absolute atomic E-state index is 11.4. The van der Waals surface area contributed by atoms with E-state index in [1.54, 1.807) is 0 Å². The lowest BCUT2D eigenvalue weighted by Gasteiger charge is -2.21. The number of esters is 3. The number of hydrogen-bond donors (Lipinski definition) is 0. The fraction of sp³-hybridized carbons (Fsp3) is 0.750. The SMILES string of the molecule is COC(=O)C[C@H]1[C@@H]2CC(=O)O[C@H]2C[C@H]1OC(C)=O. The van der Waals surface area contributed by atoms with Gasteiger partial charge in [0.15, 0.2) is 0 Å². The third kappa shape index (κ3) is 2.47. The minimum Gasteiger partial charge on any atom is -0.469 e. The van der Waals surface area contributed by atoms with Gasteiger partial charge in [0.05, 0.1) is 20.0 Å². The van der Waals surface area contributed by atoms with E-state index in [0.717, 1.165) is 0 Å². The lowest BCUT2D eigenvalue weighted by Crippen LogP contribution is -2.27. The molecule has 0 spiro atoms. The van der Waals surface area contributed by atoms with Crippen molar-refractivity contribution in [1.82, 2.24) is 0 Å². The summed E-state index contributed by atoms with van der Waals surface area (Å²) >= 11 is 0. The van der Waals surface area contributed by atoms with Crippen molar-refractivity contribution in [3.8, 4) is 0 Å². The Labute approximate surface area is 105 Å². The number of fused-ring (bicyclic) bond motifs is 1. The summed E-state index contributed by atoms with van der Waals surface area (Å²) in [6, 6.07) is 0. The van der Waals surface area contributed by atoms with Gasteiger partial charge < -0.3 is 14.2 Å². The molecule has 2 fully saturated rings. The third-order valence-electron chi connectivity index (χ3n) is 3.60. The van der Waals surface area contributed by atoms with Crippen molar-refractivity contribution in [1.29, 1.82) is 0 Å². The first-order valence-electron chi connectivity index (χ1n) is 5.94. The predicted molar refractivity (Wildman–Crippen MR) is 58.3 cm³/mol. The average Bonchev–Trinajstić information content (AvgIpc) is 2.76. The molecule has 18 heavy (non-hydrogen) atoms. The van der Waals surface area contributed by atoms with Crippen LogP contribution in [0.1, 0.15) is 26.2 Å². The highest BCUT2D eigenvalue weighted by Crippen LogP contribution is 2.44. The zero-order valence-electron chi connectivity index (χ0n) is 10.4. The van der Waals surface area contributed by atoms with Crippen LogP contribution in [0.25, 0.3) is 0 Å². The average molecular weight is 256 g/mol. The number of rotatable bonds is 3. The third-order valence-corrected chi connectivity index (χ3v) is 3.60. The molecule has 6 heteroatoms. The van der Waals surface area contributed by atoms with Gasteiger partial charge in [0.2, 0.25) is 0 Å². The van der Waals surface area contributed by atoms with Gasteiger partial charge in [-0.3, -0.25) is 14.4 Å². The van der Waals surface area contributed by atoms with Gasteiger partial charge in [0.25, 0.3) is 0 Å². The van der Waals surface area contributed by atoms with Crippen molar-refractivity contribution in [3.05, 3.63) is 0 Å². The van der Waals surface area contributed by atoms with Crippen LogP contribution in [-0.2, 0) is 28.6 Å². The first-order valence-corrected chi connectivity index (χ1v) is 5.94. The van der Waals surface area contributed by atoms with Crippen molar-refractivity contribution in [2.24, 2.45) is 11.8 Å². The van der Waals surface area contributed by atoms with Gasteiger partial charge in [-0.05, 0) is 0 Å².